The fourth-order valence-electron chi connectivity index (χ4n) is 3.37. The fraction of sp³-hybridized carbons (Fsp3) is 0.167. The van der Waals surface area contributed by atoms with Crippen LogP contribution in [-0.4, -0.2) is 24.0 Å². The molecular formula is C24H23N3OS. The number of rotatable bonds is 6. The zero-order valence-electron chi connectivity index (χ0n) is 16.6. The van der Waals surface area contributed by atoms with Crippen LogP contribution in [0.2, 0.25) is 0 Å². The number of fused-ring (bicyclic) bond motifs is 1. The van der Waals surface area contributed by atoms with Gasteiger partial charge in [-0.3, -0.25) is 4.79 Å². The summed E-state index contributed by atoms with van der Waals surface area (Å²) in [5, 5.41) is 3.96. The highest BCUT2D eigenvalue weighted by Gasteiger charge is 2.13. The van der Waals surface area contributed by atoms with Gasteiger partial charge in [0.15, 0.2) is 0 Å². The molecule has 4 rings (SSSR count). The second-order valence-electron chi connectivity index (χ2n) is 6.71. The number of thiazole rings is 1. The lowest BCUT2D eigenvalue weighted by Gasteiger charge is -2.21. The molecule has 1 amide bonds. The molecule has 3 aromatic carbocycles. The molecule has 146 valence electrons. The van der Waals surface area contributed by atoms with E-state index in [2.05, 4.69) is 30.1 Å². The van der Waals surface area contributed by atoms with E-state index in [0.29, 0.717) is 5.56 Å². The zero-order valence-corrected chi connectivity index (χ0v) is 17.4. The summed E-state index contributed by atoms with van der Waals surface area (Å²) in [6, 6.07) is 23.6. The van der Waals surface area contributed by atoms with E-state index in [1.54, 1.807) is 11.3 Å². The molecule has 0 bridgehead atoms. The smallest absolute Gasteiger partial charge is 0.255 e. The third-order valence-electron chi connectivity index (χ3n) is 4.96. The molecule has 0 aliphatic rings. The molecule has 0 radical (unpaired) electrons. The van der Waals surface area contributed by atoms with E-state index in [1.807, 2.05) is 66.7 Å². The fourth-order valence-corrected chi connectivity index (χ4v) is 4.38. The molecule has 0 atom stereocenters. The van der Waals surface area contributed by atoms with Crippen LogP contribution in [0.1, 0.15) is 24.2 Å². The van der Waals surface area contributed by atoms with Gasteiger partial charge in [-0.15, -0.1) is 11.3 Å². The van der Waals surface area contributed by atoms with Gasteiger partial charge in [-0.05, 0) is 62.4 Å². The Morgan fingerprint density at radius 1 is 0.931 bits per heavy atom. The van der Waals surface area contributed by atoms with Gasteiger partial charge in [-0.25, -0.2) is 4.98 Å². The molecule has 0 saturated carbocycles. The highest BCUT2D eigenvalue weighted by atomic mass is 32.1. The van der Waals surface area contributed by atoms with E-state index in [4.69, 9.17) is 4.98 Å². The maximum absolute atomic E-state index is 12.8. The number of anilines is 2. The van der Waals surface area contributed by atoms with Gasteiger partial charge in [0.05, 0.1) is 15.9 Å². The number of carbonyl (C=O) groups excluding carboxylic acids is 1. The number of para-hydroxylation sites is 2. The number of hydrogen-bond donors (Lipinski definition) is 1. The summed E-state index contributed by atoms with van der Waals surface area (Å²) < 4.78 is 1.13. The van der Waals surface area contributed by atoms with Gasteiger partial charge in [0.1, 0.15) is 5.01 Å². The number of carbonyl (C=O) groups is 1. The third-order valence-corrected chi connectivity index (χ3v) is 6.03. The van der Waals surface area contributed by atoms with E-state index in [0.717, 1.165) is 45.3 Å². The summed E-state index contributed by atoms with van der Waals surface area (Å²) >= 11 is 1.63. The summed E-state index contributed by atoms with van der Waals surface area (Å²) in [6.07, 6.45) is 0. The highest BCUT2D eigenvalue weighted by molar-refractivity contribution is 7.21. The minimum absolute atomic E-state index is 0.121. The van der Waals surface area contributed by atoms with Gasteiger partial charge in [0.2, 0.25) is 0 Å². The minimum Gasteiger partial charge on any atom is -0.372 e. The first-order valence-corrected chi connectivity index (χ1v) is 10.6. The van der Waals surface area contributed by atoms with Gasteiger partial charge in [0.25, 0.3) is 5.91 Å². The Labute approximate surface area is 174 Å². The van der Waals surface area contributed by atoms with Crippen LogP contribution in [0.25, 0.3) is 20.8 Å². The Balaban J connectivity index is 1.59. The second kappa shape index (κ2) is 8.45. The lowest BCUT2D eigenvalue weighted by atomic mass is 10.1. The normalized spacial score (nSPS) is 10.8. The molecular weight excluding hydrogens is 378 g/mol. The number of aromatic nitrogens is 1. The Bertz CT molecular complexity index is 1100. The van der Waals surface area contributed by atoms with Crippen LogP contribution in [0.4, 0.5) is 11.4 Å². The van der Waals surface area contributed by atoms with Crippen molar-refractivity contribution < 1.29 is 4.79 Å². The second-order valence-corrected chi connectivity index (χ2v) is 7.74. The average Bonchev–Trinajstić information content (AvgIpc) is 3.19. The number of hydrogen-bond acceptors (Lipinski definition) is 4. The molecule has 4 aromatic rings. The largest absolute Gasteiger partial charge is 0.372 e. The predicted octanol–water partition coefficient (Wildman–Crippen LogP) is 6.06. The van der Waals surface area contributed by atoms with E-state index in [1.165, 1.54) is 0 Å². The summed E-state index contributed by atoms with van der Waals surface area (Å²) in [5.41, 5.74) is 4.44. The average molecular weight is 402 g/mol. The van der Waals surface area contributed by atoms with Crippen molar-refractivity contribution in [1.29, 1.82) is 0 Å². The molecule has 4 nitrogen and oxygen atoms in total. The first-order valence-electron chi connectivity index (χ1n) is 9.81. The van der Waals surface area contributed by atoms with Gasteiger partial charge < -0.3 is 10.2 Å². The van der Waals surface area contributed by atoms with Crippen LogP contribution in [0.5, 0.6) is 0 Å². The van der Waals surface area contributed by atoms with Crippen molar-refractivity contribution in [2.75, 3.05) is 23.3 Å². The standard InChI is InChI=1S/C24H23N3OS/c1-3-27(4-2)18-15-13-17(14-16-18)23(28)25-20-10-6-5-9-19(20)24-26-21-11-7-8-12-22(21)29-24/h5-16H,3-4H2,1-2H3,(H,25,28). The van der Waals surface area contributed by atoms with E-state index >= 15 is 0 Å². The zero-order chi connectivity index (χ0) is 20.2. The van der Waals surface area contributed by atoms with Crippen molar-refractivity contribution in [1.82, 2.24) is 4.98 Å². The first-order chi connectivity index (χ1) is 14.2. The molecule has 5 heteroatoms. The number of nitrogens with one attached hydrogen (secondary N) is 1. The van der Waals surface area contributed by atoms with Crippen LogP contribution in [0.15, 0.2) is 72.8 Å². The van der Waals surface area contributed by atoms with Gasteiger partial charge in [-0.2, -0.15) is 0 Å². The monoisotopic (exact) mass is 401 g/mol. The van der Waals surface area contributed by atoms with Crippen LogP contribution in [0, 0.1) is 0 Å². The maximum Gasteiger partial charge on any atom is 0.255 e. The molecule has 29 heavy (non-hydrogen) atoms. The molecule has 1 N–H and O–H groups in total. The number of benzene rings is 3. The summed E-state index contributed by atoms with van der Waals surface area (Å²) in [4.78, 5) is 19.8. The van der Waals surface area contributed by atoms with Gasteiger partial charge in [0, 0.05) is 29.9 Å². The van der Waals surface area contributed by atoms with Crippen LogP contribution < -0.4 is 10.2 Å². The van der Waals surface area contributed by atoms with Crippen molar-refractivity contribution in [2.45, 2.75) is 13.8 Å². The third kappa shape index (κ3) is 4.00. The Kier molecular flexibility index (Phi) is 5.58. The quantitative estimate of drug-likeness (QED) is 0.427. The summed E-state index contributed by atoms with van der Waals surface area (Å²) in [6.45, 7) is 6.14. The van der Waals surface area contributed by atoms with Crippen LogP contribution in [-0.2, 0) is 0 Å². The Morgan fingerprint density at radius 3 is 2.34 bits per heavy atom. The van der Waals surface area contributed by atoms with Crippen LogP contribution >= 0.6 is 11.3 Å². The Morgan fingerprint density at radius 2 is 1.62 bits per heavy atom. The van der Waals surface area contributed by atoms with E-state index in [-0.39, 0.29) is 5.91 Å². The molecule has 0 aliphatic carbocycles. The molecule has 0 saturated heterocycles. The van der Waals surface area contributed by atoms with Crippen molar-refractivity contribution >= 4 is 38.8 Å². The topological polar surface area (TPSA) is 45.2 Å². The van der Waals surface area contributed by atoms with Gasteiger partial charge in [-0.1, -0.05) is 24.3 Å². The van der Waals surface area contributed by atoms with E-state index in [9.17, 15) is 4.79 Å². The SMILES string of the molecule is CCN(CC)c1ccc(C(=O)Nc2ccccc2-c2nc3ccccc3s2)cc1. The highest BCUT2D eigenvalue weighted by Crippen LogP contribution is 2.34. The predicted molar refractivity (Wildman–Crippen MR) is 123 cm³/mol. The van der Waals surface area contributed by atoms with Gasteiger partial charge >= 0.3 is 0 Å². The van der Waals surface area contributed by atoms with Crippen molar-refractivity contribution in [3.05, 3.63) is 78.4 Å². The lowest BCUT2D eigenvalue weighted by molar-refractivity contribution is 0.102. The summed E-state index contributed by atoms with van der Waals surface area (Å²) in [7, 11) is 0. The van der Waals surface area contributed by atoms with Crippen LogP contribution in [0.3, 0.4) is 0 Å². The lowest BCUT2D eigenvalue weighted by Crippen LogP contribution is -2.21. The minimum atomic E-state index is -0.121. The number of amides is 1. The van der Waals surface area contributed by atoms with Crippen molar-refractivity contribution in [2.24, 2.45) is 0 Å². The maximum atomic E-state index is 12.8. The Hall–Kier alpha value is -3.18. The molecule has 0 aliphatic heterocycles. The van der Waals surface area contributed by atoms with Crippen molar-refractivity contribution in [3.8, 4) is 10.6 Å². The molecule has 0 unspecified atom stereocenters. The molecule has 1 heterocycles. The first kappa shape index (κ1) is 19.2. The molecule has 0 fully saturated rings. The molecule has 1 aromatic heterocycles. The van der Waals surface area contributed by atoms with E-state index < -0.39 is 0 Å². The summed E-state index contributed by atoms with van der Waals surface area (Å²) in [5.74, 6) is -0.121. The molecule has 0 spiro atoms. The number of nitrogens with zero attached hydrogens (tertiary/aromatic N) is 2. The van der Waals surface area contributed by atoms with Crippen molar-refractivity contribution in [3.63, 3.8) is 0 Å².